The lowest BCUT2D eigenvalue weighted by Gasteiger charge is -2.14. The Morgan fingerprint density at radius 2 is 1.85 bits per heavy atom. The van der Waals surface area contributed by atoms with Gasteiger partial charge in [0.05, 0.1) is 0 Å². The molecule has 1 aliphatic rings. The number of rotatable bonds is 1. The van der Waals surface area contributed by atoms with Crippen molar-refractivity contribution in [2.45, 2.75) is 19.4 Å². The zero-order valence-electron chi connectivity index (χ0n) is 6.98. The van der Waals surface area contributed by atoms with Gasteiger partial charge < -0.3 is 9.47 Å². The van der Waals surface area contributed by atoms with Crippen LogP contribution in [0.15, 0.2) is 12.2 Å². The molecule has 13 heavy (non-hydrogen) atoms. The number of esters is 3. The van der Waals surface area contributed by atoms with Gasteiger partial charge in [0, 0.05) is 12.2 Å². The number of hydrogen-bond acceptors (Lipinski definition) is 5. The summed E-state index contributed by atoms with van der Waals surface area (Å²) in [7, 11) is 0. The number of carbonyl (C=O) groups excluding carboxylic acids is 3. The molecule has 0 N–H and O–H groups in total. The molecule has 70 valence electrons. The molecule has 0 aromatic rings. The van der Waals surface area contributed by atoms with E-state index in [1.54, 1.807) is 6.92 Å². The van der Waals surface area contributed by atoms with E-state index in [1.165, 1.54) is 0 Å². The Morgan fingerprint density at radius 1 is 1.23 bits per heavy atom. The van der Waals surface area contributed by atoms with Gasteiger partial charge in [0.1, 0.15) is 0 Å². The van der Waals surface area contributed by atoms with Crippen molar-refractivity contribution in [1.82, 2.24) is 0 Å². The van der Waals surface area contributed by atoms with Crippen LogP contribution in [0.25, 0.3) is 0 Å². The third-order valence-corrected chi connectivity index (χ3v) is 1.45. The SMILES string of the molecule is CCC1OC(=O)/C=C\C(=O)OC1=O. The molecule has 0 saturated carbocycles. The van der Waals surface area contributed by atoms with E-state index in [1.807, 2.05) is 0 Å². The zero-order valence-corrected chi connectivity index (χ0v) is 6.98. The highest BCUT2D eigenvalue weighted by atomic mass is 16.6. The molecule has 0 aliphatic carbocycles. The predicted molar refractivity (Wildman–Crippen MR) is 40.4 cm³/mol. The first kappa shape index (κ1) is 9.44. The summed E-state index contributed by atoms with van der Waals surface area (Å²) >= 11 is 0. The molecule has 1 atom stereocenters. The van der Waals surface area contributed by atoms with Crippen molar-refractivity contribution in [2.75, 3.05) is 0 Å². The Bertz CT molecular complexity index is 278. The van der Waals surface area contributed by atoms with Gasteiger partial charge in [-0.3, -0.25) is 0 Å². The highest BCUT2D eigenvalue weighted by Crippen LogP contribution is 2.05. The van der Waals surface area contributed by atoms with Gasteiger partial charge in [0.25, 0.3) is 0 Å². The second-order valence-electron chi connectivity index (χ2n) is 2.41. The molecule has 1 unspecified atom stereocenters. The average molecular weight is 184 g/mol. The Labute approximate surface area is 74.3 Å². The Balaban J connectivity index is 2.83. The van der Waals surface area contributed by atoms with Gasteiger partial charge in [-0.2, -0.15) is 0 Å². The smallest absolute Gasteiger partial charge is 0.355 e. The molecule has 1 rings (SSSR count). The number of cyclic esters (lactones) is 3. The van der Waals surface area contributed by atoms with Crippen molar-refractivity contribution < 1.29 is 23.9 Å². The van der Waals surface area contributed by atoms with E-state index in [2.05, 4.69) is 9.47 Å². The Hall–Kier alpha value is -1.65. The van der Waals surface area contributed by atoms with E-state index in [0.29, 0.717) is 0 Å². The summed E-state index contributed by atoms with van der Waals surface area (Å²) < 4.78 is 8.95. The molecule has 0 spiro atoms. The van der Waals surface area contributed by atoms with Crippen molar-refractivity contribution in [2.24, 2.45) is 0 Å². The fraction of sp³-hybridized carbons (Fsp3) is 0.375. The van der Waals surface area contributed by atoms with Gasteiger partial charge in [-0.25, -0.2) is 14.4 Å². The fourth-order valence-electron chi connectivity index (χ4n) is 0.813. The van der Waals surface area contributed by atoms with Crippen molar-refractivity contribution in [3.63, 3.8) is 0 Å². The highest BCUT2D eigenvalue weighted by Gasteiger charge is 2.25. The molecule has 1 aliphatic heterocycles. The van der Waals surface area contributed by atoms with Crippen LogP contribution in [-0.2, 0) is 23.9 Å². The largest absolute Gasteiger partial charge is 0.447 e. The maximum atomic E-state index is 11.0. The van der Waals surface area contributed by atoms with Gasteiger partial charge >= 0.3 is 17.9 Å². The summed E-state index contributed by atoms with van der Waals surface area (Å²) in [5.41, 5.74) is 0. The minimum absolute atomic E-state index is 0.283. The molecule has 0 amide bonds. The normalized spacial score (nSPS) is 25.6. The second kappa shape index (κ2) is 3.84. The van der Waals surface area contributed by atoms with Crippen LogP contribution in [-0.4, -0.2) is 24.0 Å². The predicted octanol–water partition coefficient (Wildman–Crippen LogP) is -0.0522. The monoisotopic (exact) mass is 184 g/mol. The first-order chi connectivity index (χ1) is 6.13. The first-order valence-corrected chi connectivity index (χ1v) is 3.78. The van der Waals surface area contributed by atoms with Gasteiger partial charge in [-0.15, -0.1) is 0 Å². The molecular weight excluding hydrogens is 176 g/mol. The van der Waals surface area contributed by atoms with Crippen LogP contribution >= 0.6 is 0 Å². The topological polar surface area (TPSA) is 69.7 Å². The van der Waals surface area contributed by atoms with Gasteiger partial charge in [-0.1, -0.05) is 6.92 Å². The van der Waals surface area contributed by atoms with Gasteiger partial charge in [-0.05, 0) is 6.42 Å². The van der Waals surface area contributed by atoms with Crippen LogP contribution < -0.4 is 0 Å². The summed E-state index contributed by atoms with van der Waals surface area (Å²) in [6.45, 7) is 1.65. The summed E-state index contributed by atoms with van der Waals surface area (Å²) in [6.07, 6.45) is 1.08. The van der Waals surface area contributed by atoms with Crippen LogP contribution in [0, 0.1) is 0 Å². The van der Waals surface area contributed by atoms with Crippen LogP contribution in [0.4, 0.5) is 0 Å². The number of hydrogen-bond donors (Lipinski definition) is 0. The summed E-state index contributed by atoms with van der Waals surface area (Å²) in [4.78, 5) is 32.5. The van der Waals surface area contributed by atoms with Crippen LogP contribution in [0.2, 0.25) is 0 Å². The maximum Gasteiger partial charge on any atom is 0.355 e. The summed E-state index contributed by atoms with van der Waals surface area (Å²) in [5.74, 6) is -2.39. The lowest BCUT2D eigenvalue weighted by atomic mass is 10.3. The van der Waals surface area contributed by atoms with Crippen molar-refractivity contribution in [1.29, 1.82) is 0 Å². The van der Waals surface area contributed by atoms with E-state index in [9.17, 15) is 14.4 Å². The first-order valence-electron chi connectivity index (χ1n) is 3.78. The van der Waals surface area contributed by atoms with Crippen LogP contribution in [0.3, 0.4) is 0 Å². The highest BCUT2D eigenvalue weighted by molar-refractivity contribution is 6.00. The number of ether oxygens (including phenoxy) is 2. The van der Waals surface area contributed by atoms with E-state index < -0.39 is 24.0 Å². The molecule has 1 heterocycles. The van der Waals surface area contributed by atoms with E-state index in [-0.39, 0.29) is 6.42 Å². The molecule has 0 fully saturated rings. The lowest BCUT2D eigenvalue weighted by Crippen LogP contribution is -2.31. The van der Waals surface area contributed by atoms with Gasteiger partial charge in [0.2, 0.25) is 0 Å². The summed E-state index contributed by atoms with van der Waals surface area (Å²) in [6, 6.07) is 0. The molecule has 0 aromatic heterocycles. The quantitative estimate of drug-likeness (QED) is 0.422. The molecule has 0 radical (unpaired) electrons. The Kier molecular flexibility index (Phi) is 2.79. The minimum atomic E-state index is -0.985. The van der Waals surface area contributed by atoms with Crippen molar-refractivity contribution in [3.8, 4) is 0 Å². The van der Waals surface area contributed by atoms with E-state index in [0.717, 1.165) is 12.2 Å². The average Bonchev–Trinajstić information content (AvgIpc) is 2.08. The molecule has 0 aromatic carbocycles. The van der Waals surface area contributed by atoms with E-state index in [4.69, 9.17) is 0 Å². The third kappa shape index (κ3) is 2.40. The molecular formula is C8H8O5. The van der Waals surface area contributed by atoms with Crippen LogP contribution in [0.1, 0.15) is 13.3 Å². The standard InChI is InChI=1S/C8H8O5/c1-2-5-8(11)13-7(10)4-3-6(9)12-5/h3-5H,2H2,1H3/b4-3-. The summed E-state index contributed by atoms with van der Waals surface area (Å²) in [5, 5.41) is 0. The Morgan fingerprint density at radius 3 is 2.46 bits per heavy atom. The maximum absolute atomic E-state index is 11.0. The molecule has 0 saturated heterocycles. The van der Waals surface area contributed by atoms with Crippen molar-refractivity contribution in [3.05, 3.63) is 12.2 Å². The molecule has 5 heteroatoms. The van der Waals surface area contributed by atoms with Crippen molar-refractivity contribution >= 4 is 17.9 Å². The zero-order chi connectivity index (χ0) is 9.84. The van der Waals surface area contributed by atoms with Crippen LogP contribution in [0.5, 0.6) is 0 Å². The van der Waals surface area contributed by atoms with Gasteiger partial charge in [0.15, 0.2) is 6.10 Å². The lowest BCUT2D eigenvalue weighted by molar-refractivity contribution is -0.171. The number of carbonyl (C=O) groups is 3. The molecule has 5 nitrogen and oxygen atoms in total. The van der Waals surface area contributed by atoms with E-state index >= 15 is 0 Å². The third-order valence-electron chi connectivity index (χ3n) is 1.45. The fourth-order valence-corrected chi connectivity index (χ4v) is 0.813. The second-order valence-corrected chi connectivity index (χ2v) is 2.41. The minimum Gasteiger partial charge on any atom is -0.447 e. The molecule has 0 bridgehead atoms.